The van der Waals surface area contributed by atoms with Crippen molar-refractivity contribution in [2.75, 3.05) is 13.3 Å². The fraction of sp³-hybridized carbons (Fsp3) is 0.800. The molecular formula is C10H5F13O3. The van der Waals surface area contributed by atoms with E-state index in [1.54, 1.807) is 0 Å². The van der Waals surface area contributed by atoms with Crippen molar-refractivity contribution in [2.45, 2.75) is 35.5 Å². The molecule has 26 heavy (non-hydrogen) atoms. The molecule has 0 aromatic rings. The maximum Gasteiger partial charge on any atom is 0.410 e. The van der Waals surface area contributed by atoms with Crippen LogP contribution in [0.5, 0.6) is 0 Å². The maximum atomic E-state index is 13.1. The highest BCUT2D eigenvalue weighted by atomic mass is 19.4. The number of ether oxygens (including phenoxy) is 1. The van der Waals surface area contributed by atoms with Gasteiger partial charge in [-0.05, 0) is 0 Å². The summed E-state index contributed by atoms with van der Waals surface area (Å²) in [7, 11) is 0. The first-order valence-corrected chi connectivity index (χ1v) is 5.73. The zero-order chi connectivity index (χ0) is 21.4. The molecular weight excluding hydrogens is 415 g/mol. The van der Waals surface area contributed by atoms with Crippen molar-refractivity contribution >= 4 is 12.3 Å². The fourth-order valence-electron chi connectivity index (χ4n) is 1.23. The lowest BCUT2D eigenvalue weighted by atomic mass is 9.91. The number of hydrogen-bond donors (Lipinski definition) is 0. The van der Waals surface area contributed by atoms with E-state index in [1.807, 2.05) is 0 Å². The lowest BCUT2D eigenvalue weighted by molar-refractivity contribution is -0.421. The van der Waals surface area contributed by atoms with E-state index in [-0.39, 0.29) is 0 Å². The molecule has 154 valence electrons. The molecule has 0 amide bonds. The van der Waals surface area contributed by atoms with E-state index in [2.05, 4.69) is 4.74 Å². The first-order chi connectivity index (χ1) is 11.3. The van der Waals surface area contributed by atoms with E-state index in [0.717, 1.165) is 0 Å². The van der Waals surface area contributed by atoms with Gasteiger partial charge in [0.25, 0.3) is 0 Å². The summed E-state index contributed by atoms with van der Waals surface area (Å²) in [6.45, 7) is -5.49. The number of hydrogen-bond acceptors (Lipinski definition) is 3. The van der Waals surface area contributed by atoms with Gasteiger partial charge in [0.2, 0.25) is 0 Å². The Hall–Kier alpha value is -1.77. The second-order valence-electron chi connectivity index (χ2n) is 4.48. The molecule has 3 nitrogen and oxygen atoms in total. The molecule has 0 saturated heterocycles. The van der Waals surface area contributed by atoms with Gasteiger partial charge >= 0.3 is 41.5 Å². The van der Waals surface area contributed by atoms with E-state index < -0.39 is 61.1 Å². The van der Waals surface area contributed by atoms with Crippen molar-refractivity contribution in [1.82, 2.24) is 0 Å². The summed E-state index contributed by atoms with van der Waals surface area (Å²) in [6, 6.07) is 0. The molecule has 0 aliphatic carbocycles. The van der Waals surface area contributed by atoms with Crippen LogP contribution in [-0.4, -0.2) is 61.1 Å². The van der Waals surface area contributed by atoms with Gasteiger partial charge < -0.3 is 4.74 Å². The Labute approximate surface area is 134 Å². The van der Waals surface area contributed by atoms with Crippen LogP contribution in [0, 0.1) is 0 Å². The standard InChI is InChI=1S/C10H5F13O3/c11-3-5(12,13)7(16,17)9(20,21)10(22,23)8(18,19)6(14,15)4(25)26-2-1-24/h1H,2-3H2. The van der Waals surface area contributed by atoms with Crippen LogP contribution in [0.1, 0.15) is 0 Å². The average molecular weight is 420 g/mol. The summed E-state index contributed by atoms with van der Waals surface area (Å²) in [5.74, 6) is -48.6. The fourth-order valence-corrected chi connectivity index (χ4v) is 1.23. The maximum absolute atomic E-state index is 13.1. The predicted octanol–water partition coefficient (Wildman–Crippen LogP) is 3.51. The Kier molecular flexibility index (Phi) is 6.29. The minimum atomic E-state index is -8.01. The van der Waals surface area contributed by atoms with Crippen molar-refractivity contribution < 1.29 is 71.4 Å². The summed E-state index contributed by atoms with van der Waals surface area (Å²) in [6.07, 6.45) is -0.547. The first-order valence-electron chi connectivity index (χ1n) is 5.73. The van der Waals surface area contributed by atoms with Crippen LogP contribution in [-0.2, 0) is 14.3 Å². The largest absolute Gasteiger partial charge is 0.453 e. The lowest BCUT2D eigenvalue weighted by Gasteiger charge is -2.40. The van der Waals surface area contributed by atoms with Crippen molar-refractivity contribution in [3.8, 4) is 0 Å². The summed E-state index contributed by atoms with van der Waals surface area (Å²) in [4.78, 5) is 20.3. The zero-order valence-electron chi connectivity index (χ0n) is 11.6. The number of rotatable bonds is 9. The molecule has 0 aromatic heterocycles. The molecule has 0 bridgehead atoms. The number of esters is 1. The Morgan fingerprint density at radius 1 is 0.731 bits per heavy atom. The molecule has 0 heterocycles. The van der Waals surface area contributed by atoms with Crippen LogP contribution in [0.2, 0.25) is 0 Å². The molecule has 0 fully saturated rings. The van der Waals surface area contributed by atoms with Gasteiger partial charge in [-0.3, -0.25) is 4.79 Å². The quantitative estimate of drug-likeness (QED) is 0.326. The Morgan fingerprint density at radius 2 is 1.12 bits per heavy atom. The summed E-state index contributed by atoms with van der Waals surface area (Å²) < 4.78 is 170. The smallest absolute Gasteiger partial charge is 0.410 e. The lowest BCUT2D eigenvalue weighted by Crippen LogP contribution is -2.72. The van der Waals surface area contributed by atoms with Gasteiger partial charge in [-0.1, -0.05) is 0 Å². The highest BCUT2D eigenvalue weighted by molar-refractivity contribution is 5.80. The van der Waals surface area contributed by atoms with Gasteiger partial charge in [0.1, 0.15) is 6.61 Å². The third-order valence-electron chi connectivity index (χ3n) is 2.74. The van der Waals surface area contributed by atoms with E-state index in [9.17, 15) is 66.7 Å². The molecule has 0 unspecified atom stereocenters. The van der Waals surface area contributed by atoms with Gasteiger partial charge in [-0.25, -0.2) is 9.18 Å². The Bertz CT molecular complexity index is 542. The first kappa shape index (κ1) is 24.2. The van der Waals surface area contributed by atoms with E-state index in [4.69, 9.17) is 0 Å². The van der Waals surface area contributed by atoms with Gasteiger partial charge in [0.15, 0.2) is 13.0 Å². The van der Waals surface area contributed by atoms with Crippen molar-refractivity contribution in [3.05, 3.63) is 0 Å². The topological polar surface area (TPSA) is 43.4 Å². The number of halogens is 13. The molecule has 0 atom stereocenters. The van der Waals surface area contributed by atoms with Crippen LogP contribution in [0.25, 0.3) is 0 Å². The third-order valence-corrected chi connectivity index (χ3v) is 2.74. The van der Waals surface area contributed by atoms with Crippen LogP contribution in [0.3, 0.4) is 0 Å². The van der Waals surface area contributed by atoms with Gasteiger partial charge in [-0.2, -0.15) is 52.7 Å². The number of carbonyl (C=O) groups excluding carboxylic acids is 2. The SMILES string of the molecule is O=CCOC(=O)C(F)(F)C(F)(F)C(F)(F)C(F)(F)C(F)(F)C(F)(F)CF. The summed E-state index contributed by atoms with van der Waals surface area (Å²) in [5, 5.41) is 0. The molecule has 0 radical (unpaired) electrons. The number of aldehydes is 1. The molecule has 0 saturated carbocycles. The molecule has 16 heteroatoms. The zero-order valence-corrected chi connectivity index (χ0v) is 11.6. The molecule has 0 aliphatic rings. The van der Waals surface area contributed by atoms with E-state index in [1.165, 1.54) is 0 Å². The monoisotopic (exact) mass is 420 g/mol. The Balaban J connectivity index is 6.26. The summed E-state index contributed by atoms with van der Waals surface area (Å²) >= 11 is 0. The molecule has 0 aliphatic heterocycles. The minimum Gasteiger partial charge on any atom is -0.453 e. The minimum absolute atomic E-state index is 0.547. The molecule has 0 rings (SSSR count). The van der Waals surface area contributed by atoms with Gasteiger partial charge in [0.05, 0.1) is 0 Å². The van der Waals surface area contributed by atoms with Crippen LogP contribution >= 0.6 is 0 Å². The number of carbonyl (C=O) groups is 2. The summed E-state index contributed by atoms with van der Waals surface area (Å²) in [5.41, 5.74) is 0. The highest BCUT2D eigenvalue weighted by Crippen LogP contribution is 2.60. The van der Waals surface area contributed by atoms with Crippen molar-refractivity contribution in [2.24, 2.45) is 0 Å². The van der Waals surface area contributed by atoms with Gasteiger partial charge in [-0.15, -0.1) is 0 Å². The van der Waals surface area contributed by atoms with Crippen molar-refractivity contribution in [1.29, 1.82) is 0 Å². The average Bonchev–Trinajstić information content (AvgIpc) is 2.51. The second-order valence-corrected chi connectivity index (χ2v) is 4.48. The van der Waals surface area contributed by atoms with Crippen LogP contribution in [0.4, 0.5) is 57.1 Å². The van der Waals surface area contributed by atoms with Gasteiger partial charge in [0, 0.05) is 0 Å². The molecule has 0 spiro atoms. The second kappa shape index (κ2) is 6.75. The van der Waals surface area contributed by atoms with E-state index >= 15 is 0 Å². The highest BCUT2D eigenvalue weighted by Gasteiger charge is 2.91. The Morgan fingerprint density at radius 3 is 1.46 bits per heavy atom. The molecule has 0 N–H and O–H groups in total. The normalized spacial score (nSPS) is 15.0. The van der Waals surface area contributed by atoms with Crippen molar-refractivity contribution in [3.63, 3.8) is 0 Å². The molecule has 0 aromatic carbocycles. The third kappa shape index (κ3) is 3.17. The number of alkyl halides is 13. The van der Waals surface area contributed by atoms with Crippen LogP contribution in [0.15, 0.2) is 0 Å². The van der Waals surface area contributed by atoms with Crippen LogP contribution < -0.4 is 0 Å². The van der Waals surface area contributed by atoms with E-state index in [0.29, 0.717) is 0 Å². The predicted molar refractivity (Wildman–Crippen MR) is 52.7 cm³/mol.